The fourth-order valence-electron chi connectivity index (χ4n) is 4.79. The number of pyridine rings is 1. The Morgan fingerprint density at radius 1 is 0.903 bits per heavy atom. The molecule has 0 unspecified atom stereocenters. The first kappa shape index (κ1) is 18.8. The van der Waals surface area contributed by atoms with E-state index in [1.54, 1.807) is 7.11 Å². The van der Waals surface area contributed by atoms with Gasteiger partial charge in [0.15, 0.2) is 0 Å². The zero-order valence-electron chi connectivity index (χ0n) is 17.6. The molecule has 0 aliphatic heterocycles. The number of rotatable bonds is 2. The van der Waals surface area contributed by atoms with E-state index in [9.17, 15) is 0 Å². The molecule has 0 atom stereocenters. The molecule has 6 rings (SSSR count). The van der Waals surface area contributed by atoms with Crippen molar-refractivity contribution >= 4 is 71.9 Å². The van der Waals surface area contributed by atoms with E-state index in [1.165, 1.54) is 25.1 Å². The zero-order valence-corrected chi connectivity index (χ0v) is 22.1. The molecule has 0 amide bonds. The molecule has 3 heterocycles. The third-order valence-electron chi connectivity index (χ3n) is 6.27. The van der Waals surface area contributed by atoms with Crippen molar-refractivity contribution in [3.63, 3.8) is 0 Å². The molecule has 4 nitrogen and oxygen atoms in total. The summed E-state index contributed by atoms with van der Waals surface area (Å²) in [4.78, 5) is 0. The summed E-state index contributed by atoms with van der Waals surface area (Å²) in [5.41, 5.74) is 5.29. The van der Waals surface area contributed by atoms with Gasteiger partial charge < -0.3 is 0 Å². The maximum atomic E-state index is 6.27. The van der Waals surface area contributed by atoms with Crippen molar-refractivity contribution in [3.05, 3.63) is 72.3 Å². The molecule has 3 aromatic carbocycles. The second-order valence-electron chi connectivity index (χ2n) is 7.97. The summed E-state index contributed by atoms with van der Waals surface area (Å²) in [7, 11) is 3.81. The van der Waals surface area contributed by atoms with Gasteiger partial charge in [0.1, 0.15) is 0 Å². The third-order valence-corrected chi connectivity index (χ3v) is 7.66. The van der Waals surface area contributed by atoms with Crippen molar-refractivity contribution in [3.8, 4) is 11.6 Å². The Bertz CT molecular complexity index is 1660. The topological polar surface area (TPSA) is 31.2 Å². The van der Waals surface area contributed by atoms with Gasteiger partial charge in [-0.15, -0.1) is 0 Å². The van der Waals surface area contributed by atoms with E-state index in [4.69, 9.17) is 9.15 Å². The maximum absolute atomic E-state index is 6.27. The van der Waals surface area contributed by atoms with Gasteiger partial charge in [-0.1, -0.05) is 0 Å². The zero-order chi connectivity index (χ0) is 21.3. The summed E-state index contributed by atoms with van der Waals surface area (Å²) in [6.07, 6.45) is 0. The molecule has 3 aromatic heterocycles. The van der Waals surface area contributed by atoms with E-state index in [0.29, 0.717) is 0 Å². The molecule has 0 fully saturated rings. The SMILES string of the molecule is COc1ccc2c3c[c]([BiH2])ccc3n(-c3ccc4c5ccccc5oc4[n+]3C)c2c1C. The Labute approximate surface area is 194 Å². The molecule has 0 saturated carbocycles. The van der Waals surface area contributed by atoms with Gasteiger partial charge in [0, 0.05) is 0 Å². The van der Waals surface area contributed by atoms with E-state index in [1.807, 2.05) is 12.1 Å². The second-order valence-corrected chi connectivity index (χ2v) is 10.6. The van der Waals surface area contributed by atoms with Gasteiger partial charge >= 0.3 is 195 Å². The number of furan rings is 1. The van der Waals surface area contributed by atoms with E-state index < -0.39 is 0 Å². The van der Waals surface area contributed by atoms with Crippen LogP contribution in [0.3, 0.4) is 0 Å². The monoisotopic (exact) mass is 603 g/mol. The number of hydrogen-bond acceptors (Lipinski definition) is 2. The number of fused-ring (bicyclic) bond motifs is 6. The Balaban J connectivity index is 1.79. The molecule has 0 aliphatic carbocycles. The first-order valence-electron chi connectivity index (χ1n) is 10.3. The van der Waals surface area contributed by atoms with Crippen molar-refractivity contribution in [1.82, 2.24) is 4.57 Å². The summed E-state index contributed by atoms with van der Waals surface area (Å²) >= 11 is 0.801. The molecule has 0 spiro atoms. The van der Waals surface area contributed by atoms with Crippen LogP contribution in [0.5, 0.6) is 5.75 Å². The summed E-state index contributed by atoms with van der Waals surface area (Å²) < 4.78 is 17.9. The average molecular weight is 603 g/mol. The number of methoxy groups -OCH3 is 1. The number of hydrogen-bond donors (Lipinski definition) is 0. The molecular weight excluding hydrogens is 581 g/mol. The number of para-hydroxylation sites is 1. The number of aromatic nitrogens is 2. The van der Waals surface area contributed by atoms with Crippen LogP contribution in [0.4, 0.5) is 0 Å². The summed E-state index contributed by atoms with van der Waals surface area (Å²) in [5.74, 6) is 1.96. The van der Waals surface area contributed by atoms with Crippen LogP contribution in [-0.4, -0.2) is 36.4 Å². The van der Waals surface area contributed by atoms with Crippen molar-refractivity contribution < 1.29 is 13.7 Å². The summed E-state index contributed by atoms with van der Waals surface area (Å²) in [6, 6.07) is 23.7. The van der Waals surface area contributed by atoms with Crippen LogP contribution in [0.1, 0.15) is 5.56 Å². The molecule has 31 heavy (non-hydrogen) atoms. The van der Waals surface area contributed by atoms with E-state index in [-0.39, 0.29) is 0 Å². The van der Waals surface area contributed by atoms with Crippen molar-refractivity contribution in [2.24, 2.45) is 7.05 Å². The van der Waals surface area contributed by atoms with Crippen LogP contribution in [0.25, 0.3) is 49.7 Å². The van der Waals surface area contributed by atoms with Crippen LogP contribution in [-0.2, 0) is 7.05 Å². The van der Waals surface area contributed by atoms with Crippen LogP contribution in [0, 0.1) is 6.92 Å². The molecule has 0 saturated heterocycles. The quantitative estimate of drug-likeness (QED) is 0.221. The summed E-state index contributed by atoms with van der Waals surface area (Å²) in [5, 5.41) is 4.80. The van der Waals surface area contributed by atoms with Crippen molar-refractivity contribution in [2.45, 2.75) is 6.92 Å². The van der Waals surface area contributed by atoms with Gasteiger partial charge in [0.25, 0.3) is 0 Å². The van der Waals surface area contributed by atoms with Crippen LogP contribution < -0.4 is 12.6 Å². The predicted octanol–water partition coefficient (Wildman–Crippen LogP) is 4.08. The Kier molecular flexibility index (Phi) is 4.13. The molecule has 5 heteroatoms. The molecule has 0 bridgehead atoms. The first-order valence-corrected chi connectivity index (χ1v) is 12.5. The van der Waals surface area contributed by atoms with Crippen molar-refractivity contribution in [2.75, 3.05) is 7.11 Å². The summed E-state index contributed by atoms with van der Waals surface area (Å²) in [6.45, 7) is 2.14. The van der Waals surface area contributed by atoms with Crippen LogP contribution >= 0.6 is 0 Å². The molecule has 6 aromatic rings. The normalized spacial score (nSPS) is 11.9. The van der Waals surface area contributed by atoms with Crippen LogP contribution in [0.15, 0.2) is 71.1 Å². The van der Waals surface area contributed by atoms with Gasteiger partial charge in [0.2, 0.25) is 0 Å². The number of aryl methyl sites for hydroxylation is 2. The Morgan fingerprint density at radius 2 is 1.71 bits per heavy atom. The number of nitrogens with zero attached hydrogens (tertiary/aromatic N) is 2. The van der Waals surface area contributed by atoms with Gasteiger partial charge in [-0.3, -0.25) is 0 Å². The van der Waals surface area contributed by atoms with Gasteiger partial charge in [-0.25, -0.2) is 0 Å². The number of ether oxygens (including phenoxy) is 1. The van der Waals surface area contributed by atoms with E-state index in [0.717, 1.165) is 63.9 Å². The number of benzene rings is 3. The standard InChI is InChI=1S/C26H20N2O2.Bi.2H/c1-16-22(29-3)14-12-19-17-8-4-6-10-21(17)28(25(16)19)24-15-13-20-18-9-5-7-11-23(18)30-26(20)27(24)2;;;/h5-15H,1-3H3;;;/q+1;;;. The first-order chi connectivity index (χ1) is 15.1. The van der Waals surface area contributed by atoms with Gasteiger partial charge in [-0.05, 0) is 0 Å². The van der Waals surface area contributed by atoms with Crippen molar-refractivity contribution in [1.29, 1.82) is 0 Å². The van der Waals surface area contributed by atoms with Gasteiger partial charge in [-0.2, -0.15) is 0 Å². The minimum absolute atomic E-state index is 0.801. The van der Waals surface area contributed by atoms with E-state index >= 15 is 0 Å². The Hall–Kier alpha value is -2.91. The second kappa shape index (κ2) is 6.80. The Morgan fingerprint density at radius 3 is 2.55 bits per heavy atom. The predicted molar refractivity (Wildman–Crippen MR) is 129 cm³/mol. The average Bonchev–Trinajstić information content (AvgIpc) is 3.31. The molecule has 152 valence electrons. The van der Waals surface area contributed by atoms with Crippen LogP contribution in [0.2, 0.25) is 0 Å². The third kappa shape index (κ3) is 2.59. The fourth-order valence-corrected chi connectivity index (χ4v) is 5.81. The minimum atomic E-state index is 0.801. The van der Waals surface area contributed by atoms with E-state index in [2.05, 4.69) is 77.7 Å². The van der Waals surface area contributed by atoms with Gasteiger partial charge in [0.05, 0.1) is 0 Å². The molecule has 0 radical (unpaired) electrons. The fraction of sp³-hybridized carbons (Fsp3) is 0.115. The molecule has 0 aliphatic rings. The molecular formula is C26H22BiN2O2+. The molecule has 0 N–H and O–H groups in total.